The molecule has 0 saturated carbocycles. The molecule has 1 fully saturated rings. The minimum Gasteiger partial charge on any atom is -0.508 e. The van der Waals surface area contributed by atoms with Crippen LogP contribution in [0.25, 0.3) is 0 Å². The molecular formula is C12H14N2O2S2. The number of phenols is 1. The summed E-state index contributed by atoms with van der Waals surface area (Å²) in [5, 5.41) is 12.9. The fourth-order valence-electron chi connectivity index (χ4n) is 1.84. The second-order valence-corrected chi connectivity index (χ2v) is 5.35. The van der Waals surface area contributed by atoms with E-state index >= 15 is 0 Å². The Bertz CT molecular complexity index is 479. The smallest absolute Gasteiger partial charge is 0.255 e. The lowest BCUT2D eigenvalue weighted by Gasteiger charge is -2.14. The zero-order valence-electron chi connectivity index (χ0n) is 9.92. The first-order chi connectivity index (χ1) is 8.63. The monoisotopic (exact) mass is 282 g/mol. The van der Waals surface area contributed by atoms with Gasteiger partial charge in [0, 0.05) is 6.07 Å². The second-order valence-electron chi connectivity index (χ2n) is 3.98. The number of anilines is 1. The van der Waals surface area contributed by atoms with E-state index in [-0.39, 0.29) is 17.7 Å². The number of phenolic OH excluding ortho intramolecular Hbond substituents is 1. The number of nitrogens with zero attached hydrogens (tertiary/aromatic N) is 1. The summed E-state index contributed by atoms with van der Waals surface area (Å²) in [5.74, 6) is 0.968. The Hall–Kier alpha value is -1.27. The van der Waals surface area contributed by atoms with Crippen LogP contribution in [-0.4, -0.2) is 34.2 Å². The number of aromatic hydroxyl groups is 1. The van der Waals surface area contributed by atoms with E-state index in [2.05, 4.69) is 5.32 Å². The van der Waals surface area contributed by atoms with Crippen molar-refractivity contribution in [2.75, 3.05) is 16.9 Å². The molecule has 1 aromatic carbocycles. The van der Waals surface area contributed by atoms with Crippen molar-refractivity contribution in [3.8, 4) is 5.75 Å². The molecule has 1 aliphatic rings. The highest BCUT2D eigenvalue weighted by Gasteiger charge is 2.35. The Morgan fingerprint density at radius 3 is 3.00 bits per heavy atom. The number of carbonyl (C=O) groups is 1. The van der Waals surface area contributed by atoms with Gasteiger partial charge in [0.1, 0.15) is 11.8 Å². The van der Waals surface area contributed by atoms with Crippen LogP contribution in [0.3, 0.4) is 0 Å². The lowest BCUT2D eigenvalue weighted by atomic mass is 10.2. The second kappa shape index (κ2) is 5.58. The Labute approximate surface area is 115 Å². The number of nitrogens with one attached hydrogen (secondary N) is 1. The number of amides is 1. The highest BCUT2D eigenvalue weighted by atomic mass is 32.2. The van der Waals surface area contributed by atoms with Gasteiger partial charge in [-0.2, -0.15) is 11.8 Å². The van der Waals surface area contributed by atoms with Gasteiger partial charge in [-0.25, -0.2) is 0 Å². The molecule has 1 aliphatic heterocycles. The van der Waals surface area contributed by atoms with Crippen LogP contribution in [0.2, 0.25) is 0 Å². The number of benzene rings is 1. The molecule has 1 amide bonds. The van der Waals surface area contributed by atoms with Gasteiger partial charge < -0.3 is 10.4 Å². The van der Waals surface area contributed by atoms with E-state index in [1.807, 2.05) is 6.26 Å². The minimum atomic E-state index is -0.257. The van der Waals surface area contributed by atoms with Crippen LogP contribution < -0.4 is 10.2 Å². The van der Waals surface area contributed by atoms with E-state index in [0.717, 1.165) is 12.2 Å². The summed E-state index contributed by atoms with van der Waals surface area (Å²) in [5.41, 5.74) is 0.601. The fourth-order valence-corrected chi connectivity index (χ4v) is 2.65. The standard InChI is InChI=1S/C12H14N2O2S2/c1-18-6-5-10-11(16)14(12(17)13-10)8-3-2-4-9(15)7-8/h2-4,7,10,15H,5-6H2,1H3,(H,13,17). The van der Waals surface area contributed by atoms with Crippen molar-refractivity contribution < 1.29 is 9.90 Å². The van der Waals surface area contributed by atoms with E-state index in [4.69, 9.17) is 12.2 Å². The molecule has 0 bridgehead atoms. The Morgan fingerprint density at radius 2 is 2.33 bits per heavy atom. The van der Waals surface area contributed by atoms with Crippen LogP contribution >= 0.6 is 24.0 Å². The molecule has 0 spiro atoms. The van der Waals surface area contributed by atoms with Gasteiger partial charge in [-0.3, -0.25) is 9.69 Å². The van der Waals surface area contributed by atoms with Crippen molar-refractivity contribution in [3.05, 3.63) is 24.3 Å². The van der Waals surface area contributed by atoms with Crippen LogP contribution in [0.4, 0.5) is 5.69 Å². The van der Waals surface area contributed by atoms with Crippen molar-refractivity contribution in [1.82, 2.24) is 5.32 Å². The van der Waals surface area contributed by atoms with E-state index < -0.39 is 0 Å². The number of hydrogen-bond donors (Lipinski definition) is 2. The van der Waals surface area contributed by atoms with Crippen molar-refractivity contribution in [1.29, 1.82) is 0 Å². The van der Waals surface area contributed by atoms with Crippen LogP contribution in [0, 0.1) is 0 Å². The van der Waals surface area contributed by atoms with Crippen molar-refractivity contribution in [2.24, 2.45) is 0 Å². The molecule has 6 heteroatoms. The Kier molecular flexibility index (Phi) is 4.08. The topological polar surface area (TPSA) is 52.6 Å². The molecule has 1 heterocycles. The maximum atomic E-state index is 12.2. The number of carbonyl (C=O) groups excluding carboxylic acids is 1. The lowest BCUT2D eigenvalue weighted by molar-refractivity contribution is -0.118. The Morgan fingerprint density at radius 1 is 1.56 bits per heavy atom. The van der Waals surface area contributed by atoms with E-state index in [1.165, 1.54) is 11.0 Å². The van der Waals surface area contributed by atoms with Gasteiger partial charge in [0.2, 0.25) is 0 Å². The number of hydrogen-bond acceptors (Lipinski definition) is 4. The largest absolute Gasteiger partial charge is 0.508 e. The summed E-state index contributed by atoms with van der Waals surface area (Å²) in [6, 6.07) is 6.28. The lowest BCUT2D eigenvalue weighted by Crippen LogP contribution is -2.31. The fraction of sp³-hybridized carbons (Fsp3) is 0.333. The molecule has 2 N–H and O–H groups in total. The normalized spacial score (nSPS) is 19.2. The zero-order valence-corrected chi connectivity index (χ0v) is 11.6. The van der Waals surface area contributed by atoms with Gasteiger partial charge in [-0.05, 0) is 42.8 Å². The zero-order chi connectivity index (χ0) is 13.1. The van der Waals surface area contributed by atoms with Crippen LogP contribution in [0.1, 0.15) is 6.42 Å². The highest BCUT2D eigenvalue weighted by Crippen LogP contribution is 2.24. The van der Waals surface area contributed by atoms with Gasteiger partial charge in [0.05, 0.1) is 5.69 Å². The summed E-state index contributed by atoms with van der Waals surface area (Å²) < 4.78 is 0. The molecule has 0 aliphatic carbocycles. The third-order valence-corrected chi connectivity index (χ3v) is 3.66. The molecule has 4 nitrogen and oxygen atoms in total. The molecule has 0 radical (unpaired) electrons. The van der Waals surface area contributed by atoms with Gasteiger partial charge in [0.15, 0.2) is 5.11 Å². The summed E-state index contributed by atoms with van der Waals surface area (Å²) in [6.45, 7) is 0. The Balaban J connectivity index is 2.19. The molecule has 1 unspecified atom stereocenters. The number of rotatable bonds is 4. The quantitative estimate of drug-likeness (QED) is 0.824. The first-order valence-corrected chi connectivity index (χ1v) is 7.36. The first kappa shape index (κ1) is 13.2. The third-order valence-electron chi connectivity index (χ3n) is 2.72. The predicted molar refractivity (Wildman–Crippen MR) is 78.1 cm³/mol. The highest BCUT2D eigenvalue weighted by molar-refractivity contribution is 7.98. The number of thioether (sulfide) groups is 1. The molecule has 96 valence electrons. The average molecular weight is 282 g/mol. The summed E-state index contributed by atoms with van der Waals surface area (Å²) >= 11 is 6.87. The summed E-state index contributed by atoms with van der Waals surface area (Å²) in [4.78, 5) is 13.7. The molecule has 1 atom stereocenters. The maximum Gasteiger partial charge on any atom is 0.255 e. The van der Waals surface area contributed by atoms with Gasteiger partial charge in [-0.15, -0.1) is 0 Å². The molecule has 0 aromatic heterocycles. The van der Waals surface area contributed by atoms with Crippen LogP contribution in [-0.2, 0) is 4.79 Å². The van der Waals surface area contributed by atoms with Crippen LogP contribution in [0.15, 0.2) is 24.3 Å². The van der Waals surface area contributed by atoms with Gasteiger partial charge in [-0.1, -0.05) is 6.07 Å². The average Bonchev–Trinajstić information content (AvgIpc) is 2.62. The molecule has 2 rings (SSSR count). The van der Waals surface area contributed by atoms with Gasteiger partial charge in [0.25, 0.3) is 5.91 Å². The molecule has 18 heavy (non-hydrogen) atoms. The third kappa shape index (κ3) is 2.59. The predicted octanol–water partition coefficient (Wildman–Crippen LogP) is 1.73. The van der Waals surface area contributed by atoms with Crippen LogP contribution in [0.5, 0.6) is 5.75 Å². The van der Waals surface area contributed by atoms with E-state index in [9.17, 15) is 9.90 Å². The SMILES string of the molecule is CSCCC1NC(=S)N(c2cccc(O)c2)C1=O. The van der Waals surface area contributed by atoms with E-state index in [1.54, 1.807) is 30.0 Å². The maximum absolute atomic E-state index is 12.2. The number of thiocarbonyl (C=S) groups is 1. The first-order valence-electron chi connectivity index (χ1n) is 5.56. The van der Waals surface area contributed by atoms with E-state index in [0.29, 0.717) is 10.8 Å². The van der Waals surface area contributed by atoms with Crippen molar-refractivity contribution >= 4 is 40.7 Å². The van der Waals surface area contributed by atoms with Crippen molar-refractivity contribution in [2.45, 2.75) is 12.5 Å². The minimum absolute atomic E-state index is 0.0559. The van der Waals surface area contributed by atoms with Crippen molar-refractivity contribution in [3.63, 3.8) is 0 Å². The molecule has 1 aromatic rings. The molecular weight excluding hydrogens is 268 g/mol. The summed E-state index contributed by atoms with van der Waals surface area (Å²) in [6.07, 6.45) is 2.75. The molecule has 1 saturated heterocycles. The summed E-state index contributed by atoms with van der Waals surface area (Å²) in [7, 11) is 0. The van der Waals surface area contributed by atoms with Gasteiger partial charge >= 0.3 is 0 Å².